The van der Waals surface area contributed by atoms with Crippen LogP contribution in [0.4, 0.5) is 5.82 Å². The monoisotopic (exact) mass is 191 g/mol. The molecule has 0 bridgehead atoms. The molecule has 2 N–H and O–H groups in total. The first-order valence-corrected chi connectivity index (χ1v) is 4.68. The molecule has 0 saturated heterocycles. The second-order valence-electron chi connectivity index (χ2n) is 3.41. The number of aromatic nitrogens is 1. The van der Waals surface area contributed by atoms with Gasteiger partial charge in [-0.1, -0.05) is 6.08 Å². The zero-order valence-electron chi connectivity index (χ0n) is 8.77. The average molecular weight is 191 g/mol. The van der Waals surface area contributed by atoms with E-state index in [2.05, 4.69) is 11.6 Å². The molecule has 0 radical (unpaired) electrons. The van der Waals surface area contributed by atoms with Crippen LogP contribution in [0.2, 0.25) is 0 Å². The Kier molecular flexibility index (Phi) is 3.65. The van der Waals surface area contributed by atoms with Gasteiger partial charge in [-0.15, -0.1) is 6.58 Å². The molecule has 0 amide bonds. The lowest BCUT2D eigenvalue weighted by Gasteiger charge is -2.17. The van der Waals surface area contributed by atoms with Crippen LogP contribution in [0, 0.1) is 0 Å². The second-order valence-corrected chi connectivity index (χ2v) is 3.41. The van der Waals surface area contributed by atoms with E-state index in [1.807, 2.05) is 37.1 Å². The number of pyridine rings is 1. The van der Waals surface area contributed by atoms with Gasteiger partial charge in [-0.2, -0.15) is 0 Å². The van der Waals surface area contributed by atoms with Gasteiger partial charge in [0.1, 0.15) is 5.82 Å². The van der Waals surface area contributed by atoms with E-state index in [4.69, 9.17) is 5.73 Å². The maximum Gasteiger partial charge on any atom is 0.128 e. The van der Waals surface area contributed by atoms with Gasteiger partial charge >= 0.3 is 0 Å². The van der Waals surface area contributed by atoms with Crippen molar-refractivity contribution in [1.29, 1.82) is 0 Å². The highest BCUT2D eigenvalue weighted by Crippen LogP contribution is 2.15. The Morgan fingerprint density at radius 1 is 1.71 bits per heavy atom. The topological polar surface area (TPSA) is 42.1 Å². The van der Waals surface area contributed by atoms with Crippen molar-refractivity contribution in [3.05, 3.63) is 36.5 Å². The molecule has 0 spiro atoms. The molecular weight excluding hydrogens is 174 g/mol. The van der Waals surface area contributed by atoms with Crippen LogP contribution in [0.3, 0.4) is 0 Å². The fourth-order valence-corrected chi connectivity index (χ4v) is 1.21. The summed E-state index contributed by atoms with van der Waals surface area (Å²) in [4.78, 5) is 6.29. The van der Waals surface area contributed by atoms with Gasteiger partial charge in [0.25, 0.3) is 0 Å². The number of likely N-dealkylation sites (N-methyl/N-ethyl adjacent to an activating group) is 1. The minimum absolute atomic E-state index is 0.0499. The average Bonchev–Trinajstić information content (AvgIpc) is 2.18. The first kappa shape index (κ1) is 10.7. The van der Waals surface area contributed by atoms with Crippen LogP contribution in [0.15, 0.2) is 31.0 Å². The summed E-state index contributed by atoms with van der Waals surface area (Å²) >= 11 is 0. The molecule has 0 aliphatic rings. The summed E-state index contributed by atoms with van der Waals surface area (Å²) in [7, 11) is 1.98. The minimum Gasteiger partial charge on any atom is -0.356 e. The molecule has 0 aliphatic heterocycles. The largest absolute Gasteiger partial charge is 0.356 e. The molecule has 0 aliphatic carbocycles. The third-order valence-electron chi connectivity index (χ3n) is 2.09. The second kappa shape index (κ2) is 4.77. The van der Waals surface area contributed by atoms with Gasteiger partial charge in [0.05, 0.1) is 0 Å². The van der Waals surface area contributed by atoms with Crippen LogP contribution in [-0.4, -0.2) is 18.6 Å². The number of rotatable bonds is 4. The molecule has 1 rings (SSSR count). The molecule has 0 aromatic carbocycles. The van der Waals surface area contributed by atoms with Crippen molar-refractivity contribution in [2.75, 3.05) is 18.5 Å². The highest BCUT2D eigenvalue weighted by atomic mass is 15.1. The molecule has 14 heavy (non-hydrogen) atoms. The van der Waals surface area contributed by atoms with Gasteiger partial charge in [0, 0.05) is 25.8 Å². The van der Waals surface area contributed by atoms with Crippen molar-refractivity contribution in [3.8, 4) is 0 Å². The summed E-state index contributed by atoms with van der Waals surface area (Å²) in [6.45, 7) is 6.44. The Bertz CT molecular complexity index is 307. The summed E-state index contributed by atoms with van der Waals surface area (Å²) in [6.07, 6.45) is 3.63. The lowest BCUT2D eigenvalue weighted by molar-refractivity contribution is 0.813. The van der Waals surface area contributed by atoms with Crippen LogP contribution in [0.5, 0.6) is 0 Å². The van der Waals surface area contributed by atoms with Crippen LogP contribution in [-0.2, 0) is 0 Å². The summed E-state index contributed by atoms with van der Waals surface area (Å²) < 4.78 is 0. The number of hydrogen-bond donors (Lipinski definition) is 1. The van der Waals surface area contributed by atoms with Crippen molar-refractivity contribution in [2.24, 2.45) is 5.73 Å². The molecular formula is C11H17N3. The molecule has 0 fully saturated rings. The Morgan fingerprint density at radius 3 is 3.00 bits per heavy atom. The molecule has 1 heterocycles. The van der Waals surface area contributed by atoms with E-state index in [1.54, 1.807) is 6.20 Å². The summed E-state index contributed by atoms with van der Waals surface area (Å²) in [6, 6.07) is 4.00. The highest BCUT2D eigenvalue weighted by Gasteiger charge is 2.03. The van der Waals surface area contributed by atoms with E-state index >= 15 is 0 Å². The number of nitrogens with two attached hydrogens (primary N) is 1. The van der Waals surface area contributed by atoms with Gasteiger partial charge in [-0.3, -0.25) is 0 Å². The van der Waals surface area contributed by atoms with E-state index < -0.39 is 0 Å². The molecule has 1 aromatic rings. The zero-order valence-corrected chi connectivity index (χ0v) is 8.77. The van der Waals surface area contributed by atoms with E-state index in [0.29, 0.717) is 0 Å². The number of anilines is 1. The summed E-state index contributed by atoms with van der Waals surface area (Å²) in [5.74, 6) is 0.930. The van der Waals surface area contributed by atoms with Crippen molar-refractivity contribution < 1.29 is 0 Å². The van der Waals surface area contributed by atoms with E-state index in [-0.39, 0.29) is 6.04 Å². The lowest BCUT2D eigenvalue weighted by atomic mass is 10.1. The molecule has 76 valence electrons. The van der Waals surface area contributed by atoms with E-state index in [0.717, 1.165) is 17.9 Å². The van der Waals surface area contributed by atoms with E-state index in [1.165, 1.54) is 0 Å². The van der Waals surface area contributed by atoms with Crippen LogP contribution in [0.1, 0.15) is 18.5 Å². The predicted molar refractivity (Wildman–Crippen MR) is 60.3 cm³/mol. The van der Waals surface area contributed by atoms with Crippen molar-refractivity contribution in [2.45, 2.75) is 13.0 Å². The number of hydrogen-bond acceptors (Lipinski definition) is 3. The van der Waals surface area contributed by atoms with Gasteiger partial charge in [-0.05, 0) is 24.6 Å². The maximum atomic E-state index is 5.79. The third-order valence-corrected chi connectivity index (χ3v) is 2.09. The lowest BCUT2D eigenvalue weighted by Crippen LogP contribution is -2.18. The minimum atomic E-state index is 0.0499. The van der Waals surface area contributed by atoms with E-state index in [9.17, 15) is 0 Å². The Hall–Kier alpha value is -1.35. The molecule has 0 saturated carbocycles. The zero-order chi connectivity index (χ0) is 10.6. The quantitative estimate of drug-likeness (QED) is 0.737. The van der Waals surface area contributed by atoms with Crippen molar-refractivity contribution in [3.63, 3.8) is 0 Å². The van der Waals surface area contributed by atoms with Gasteiger partial charge in [0.2, 0.25) is 0 Å². The molecule has 0 unspecified atom stereocenters. The van der Waals surface area contributed by atoms with Crippen molar-refractivity contribution in [1.82, 2.24) is 4.98 Å². The van der Waals surface area contributed by atoms with Gasteiger partial charge < -0.3 is 10.6 Å². The first-order valence-electron chi connectivity index (χ1n) is 4.68. The maximum absolute atomic E-state index is 5.79. The third kappa shape index (κ3) is 2.57. The molecule has 1 atom stereocenters. The Labute approximate surface area is 85.3 Å². The van der Waals surface area contributed by atoms with Gasteiger partial charge in [0.15, 0.2) is 0 Å². The SMILES string of the molecule is C=CCN(C)c1cc([C@@H](C)N)ccn1. The summed E-state index contributed by atoms with van der Waals surface area (Å²) in [5, 5.41) is 0. The normalized spacial score (nSPS) is 12.2. The fraction of sp³-hybridized carbons (Fsp3) is 0.364. The van der Waals surface area contributed by atoms with Gasteiger partial charge in [-0.25, -0.2) is 4.98 Å². The Balaban J connectivity index is 2.87. The first-order chi connectivity index (χ1) is 6.65. The molecule has 1 aromatic heterocycles. The van der Waals surface area contributed by atoms with Crippen LogP contribution >= 0.6 is 0 Å². The smallest absolute Gasteiger partial charge is 0.128 e. The standard InChI is InChI=1S/C11H17N3/c1-4-7-14(3)11-8-10(9(2)12)5-6-13-11/h4-6,8-9H,1,7,12H2,2-3H3/t9-/m1/s1. The molecule has 3 nitrogen and oxygen atoms in total. The highest BCUT2D eigenvalue weighted by molar-refractivity contribution is 5.41. The fourth-order valence-electron chi connectivity index (χ4n) is 1.21. The summed E-state index contributed by atoms with van der Waals surface area (Å²) in [5.41, 5.74) is 6.89. The van der Waals surface area contributed by atoms with Crippen LogP contribution in [0.25, 0.3) is 0 Å². The molecule has 3 heteroatoms. The number of nitrogens with zero attached hydrogens (tertiary/aromatic N) is 2. The van der Waals surface area contributed by atoms with Crippen molar-refractivity contribution >= 4 is 5.82 Å². The Morgan fingerprint density at radius 2 is 2.43 bits per heavy atom. The predicted octanol–water partition coefficient (Wildman–Crippen LogP) is 1.72. The van der Waals surface area contributed by atoms with Crippen LogP contribution < -0.4 is 10.6 Å².